The summed E-state index contributed by atoms with van der Waals surface area (Å²) in [5.41, 5.74) is 0.918. The normalized spacial score (nSPS) is 13.3. The smallest absolute Gasteiger partial charge is 0.127 e. The van der Waals surface area contributed by atoms with Gasteiger partial charge >= 0.3 is 0 Å². The van der Waals surface area contributed by atoms with E-state index in [1.165, 1.54) is 0 Å². The van der Waals surface area contributed by atoms with E-state index < -0.39 is 10.8 Å². The van der Waals surface area contributed by atoms with Gasteiger partial charge in [0.25, 0.3) is 0 Å². The summed E-state index contributed by atoms with van der Waals surface area (Å²) in [6.07, 6.45) is 0. The third-order valence-electron chi connectivity index (χ3n) is 1.50. The molecule has 1 atom stereocenters. The molecule has 0 spiro atoms. The number of nitrogens with zero attached hydrogens (tertiary/aromatic N) is 1. The van der Waals surface area contributed by atoms with Crippen molar-refractivity contribution in [1.29, 1.82) is 0 Å². The van der Waals surface area contributed by atoms with E-state index in [2.05, 4.69) is 4.98 Å². The molecule has 66 valence electrons. The van der Waals surface area contributed by atoms with Crippen LogP contribution in [0.1, 0.15) is 19.5 Å². The van der Waals surface area contributed by atoms with Crippen LogP contribution in [0.15, 0.2) is 23.2 Å². The molecule has 1 rings (SSSR count). The van der Waals surface area contributed by atoms with Gasteiger partial charge in [0.05, 0.1) is 10.8 Å². The molecule has 3 heteroatoms. The van der Waals surface area contributed by atoms with Crippen molar-refractivity contribution in [2.24, 2.45) is 0 Å². The Morgan fingerprint density at radius 2 is 2.08 bits per heavy atom. The summed E-state index contributed by atoms with van der Waals surface area (Å²) in [7, 11) is -0.957. The largest absolute Gasteiger partial charge is 0.252 e. The van der Waals surface area contributed by atoms with Gasteiger partial charge in [-0.05, 0) is 19.1 Å². The maximum Gasteiger partial charge on any atom is 0.127 e. The zero-order valence-corrected chi connectivity index (χ0v) is 8.39. The van der Waals surface area contributed by atoms with Crippen LogP contribution in [0.3, 0.4) is 0 Å². The molecular formula is C9H13NOS. The van der Waals surface area contributed by atoms with E-state index in [0.717, 1.165) is 5.69 Å². The van der Waals surface area contributed by atoms with Gasteiger partial charge in [-0.3, -0.25) is 4.21 Å². The lowest BCUT2D eigenvalue weighted by Crippen LogP contribution is -2.07. The number of aryl methyl sites for hydroxylation is 1. The Kier molecular flexibility index (Phi) is 2.98. The first kappa shape index (κ1) is 9.39. The second kappa shape index (κ2) is 3.81. The highest BCUT2D eigenvalue weighted by molar-refractivity contribution is 7.85. The van der Waals surface area contributed by atoms with Gasteiger partial charge in [0, 0.05) is 10.9 Å². The molecule has 0 fully saturated rings. The van der Waals surface area contributed by atoms with Gasteiger partial charge in [0.2, 0.25) is 0 Å². The Labute approximate surface area is 75.5 Å². The molecular weight excluding hydrogens is 170 g/mol. The topological polar surface area (TPSA) is 30.0 Å². The molecule has 0 aliphatic carbocycles. The third kappa shape index (κ3) is 2.14. The lowest BCUT2D eigenvalue weighted by Gasteiger charge is -2.04. The van der Waals surface area contributed by atoms with Crippen molar-refractivity contribution in [3.63, 3.8) is 0 Å². The summed E-state index contributed by atoms with van der Waals surface area (Å²) < 4.78 is 11.5. The van der Waals surface area contributed by atoms with Crippen LogP contribution >= 0.6 is 0 Å². The number of aromatic nitrogens is 1. The quantitative estimate of drug-likeness (QED) is 0.701. The fraction of sp³-hybridized carbons (Fsp3) is 0.444. The van der Waals surface area contributed by atoms with Gasteiger partial charge in [-0.2, -0.15) is 0 Å². The average molecular weight is 183 g/mol. The maximum atomic E-state index is 11.5. The number of rotatable bonds is 2. The van der Waals surface area contributed by atoms with Crippen LogP contribution in [0.25, 0.3) is 0 Å². The van der Waals surface area contributed by atoms with Crippen molar-refractivity contribution in [1.82, 2.24) is 4.98 Å². The first-order chi connectivity index (χ1) is 5.61. The van der Waals surface area contributed by atoms with Crippen LogP contribution in [-0.2, 0) is 10.8 Å². The van der Waals surface area contributed by atoms with Crippen LogP contribution in [0.2, 0.25) is 0 Å². The predicted octanol–water partition coefficient (Wildman–Crippen LogP) is 1.91. The summed E-state index contributed by atoms with van der Waals surface area (Å²) in [5, 5.41) is 0.823. The maximum absolute atomic E-state index is 11.5. The first-order valence-electron chi connectivity index (χ1n) is 3.95. The minimum absolute atomic E-state index is 0.138. The molecule has 0 radical (unpaired) electrons. The highest BCUT2D eigenvalue weighted by Gasteiger charge is 2.08. The van der Waals surface area contributed by atoms with E-state index in [4.69, 9.17) is 0 Å². The van der Waals surface area contributed by atoms with Gasteiger partial charge in [0.15, 0.2) is 0 Å². The van der Waals surface area contributed by atoms with Crippen LogP contribution in [0, 0.1) is 6.92 Å². The van der Waals surface area contributed by atoms with Crippen molar-refractivity contribution >= 4 is 10.8 Å². The minimum Gasteiger partial charge on any atom is -0.252 e. The van der Waals surface area contributed by atoms with Crippen LogP contribution < -0.4 is 0 Å². The van der Waals surface area contributed by atoms with E-state index in [0.29, 0.717) is 5.03 Å². The third-order valence-corrected chi connectivity index (χ3v) is 2.99. The summed E-state index contributed by atoms with van der Waals surface area (Å²) in [6.45, 7) is 5.77. The molecule has 0 saturated carbocycles. The minimum atomic E-state index is -0.957. The van der Waals surface area contributed by atoms with Crippen LogP contribution in [-0.4, -0.2) is 14.4 Å². The summed E-state index contributed by atoms with van der Waals surface area (Å²) in [4.78, 5) is 4.19. The van der Waals surface area contributed by atoms with E-state index in [-0.39, 0.29) is 5.25 Å². The van der Waals surface area contributed by atoms with Crippen molar-refractivity contribution in [2.75, 3.05) is 0 Å². The molecule has 0 saturated heterocycles. The summed E-state index contributed by atoms with van der Waals surface area (Å²) in [6, 6.07) is 5.60. The monoisotopic (exact) mass is 183 g/mol. The zero-order valence-electron chi connectivity index (χ0n) is 7.57. The van der Waals surface area contributed by atoms with Crippen molar-refractivity contribution in [3.05, 3.63) is 23.9 Å². The highest BCUT2D eigenvalue weighted by Crippen LogP contribution is 2.08. The SMILES string of the molecule is Cc1cccc(S(=O)C(C)C)n1. The summed E-state index contributed by atoms with van der Waals surface area (Å²) >= 11 is 0. The van der Waals surface area contributed by atoms with Gasteiger partial charge in [-0.1, -0.05) is 19.9 Å². The van der Waals surface area contributed by atoms with Crippen molar-refractivity contribution in [2.45, 2.75) is 31.0 Å². The lowest BCUT2D eigenvalue weighted by molar-refractivity contribution is 0.673. The van der Waals surface area contributed by atoms with Crippen LogP contribution in [0.5, 0.6) is 0 Å². The molecule has 0 aromatic carbocycles. The molecule has 1 unspecified atom stereocenters. The van der Waals surface area contributed by atoms with E-state index in [1.807, 2.05) is 39.0 Å². The fourth-order valence-electron chi connectivity index (χ4n) is 0.872. The molecule has 0 bridgehead atoms. The fourth-order valence-corrected chi connectivity index (χ4v) is 1.80. The Balaban J connectivity index is 2.96. The first-order valence-corrected chi connectivity index (χ1v) is 5.17. The Hall–Kier alpha value is -0.700. The van der Waals surface area contributed by atoms with Crippen molar-refractivity contribution < 1.29 is 4.21 Å². The molecule has 0 N–H and O–H groups in total. The highest BCUT2D eigenvalue weighted by atomic mass is 32.2. The molecule has 12 heavy (non-hydrogen) atoms. The Bertz CT molecular complexity index is 296. The number of pyridine rings is 1. The number of hydrogen-bond donors (Lipinski definition) is 0. The average Bonchev–Trinajstić information content (AvgIpc) is 2.03. The Morgan fingerprint density at radius 1 is 1.42 bits per heavy atom. The molecule has 1 aromatic heterocycles. The van der Waals surface area contributed by atoms with Gasteiger partial charge in [-0.15, -0.1) is 0 Å². The molecule has 1 aromatic rings. The van der Waals surface area contributed by atoms with E-state index in [9.17, 15) is 4.21 Å². The molecule has 0 aliphatic heterocycles. The van der Waals surface area contributed by atoms with Gasteiger partial charge in [0.1, 0.15) is 5.03 Å². The lowest BCUT2D eigenvalue weighted by atomic mass is 10.4. The van der Waals surface area contributed by atoms with Crippen molar-refractivity contribution in [3.8, 4) is 0 Å². The molecule has 0 aliphatic rings. The molecule has 1 heterocycles. The van der Waals surface area contributed by atoms with Gasteiger partial charge < -0.3 is 0 Å². The predicted molar refractivity (Wildman–Crippen MR) is 50.5 cm³/mol. The standard InChI is InChI=1S/C9H13NOS/c1-7(2)12(11)9-6-4-5-8(3)10-9/h4-7H,1-3H3. The van der Waals surface area contributed by atoms with E-state index >= 15 is 0 Å². The number of hydrogen-bond acceptors (Lipinski definition) is 2. The van der Waals surface area contributed by atoms with E-state index in [1.54, 1.807) is 0 Å². The molecule has 0 amide bonds. The second-order valence-electron chi connectivity index (χ2n) is 2.96. The Morgan fingerprint density at radius 3 is 2.58 bits per heavy atom. The van der Waals surface area contributed by atoms with Gasteiger partial charge in [-0.25, -0.2) is 4.98 Å². The zero-order chi connectivity index (χ0) is 9.14. The summed E-state index contributed by atoms with van der Waals surface area (Å²) in [5.74, 6) is 0. The molecule has 2 nitrogen and oxygen atoms in total. The van der Waals surface area contributed by atoms with Crippen LogP contribution in [0.4, 0.5) is 0 Å². The second-order valence-corrected chi connectivity index (χ2v) is 4.92.